The Morgan fingerprint density at radius 1 is 1.44 bits per heavy atom. The SMILES string of the molecule is CCOCc1nc(-c2c(C)ncc3c2CCN(C(=O)[C@H]2CCCO2)C3)no1. The summed E-state index contributed by atoms with van der Waals surface area (Å²) in [6.45, 7) is 6.63. The molecule has 2 aromatic rings. The molecule has 1 fully saturated rings. The number of hydrogen-bond acceptors (Lipinski definition) is 7. The number of aryl methyl sites for hydroxylation is 1. The molecule has 0 aromatic carbocycles. The van der Waals surface area contributed by atoms with Crippen LogP contribution in [-0.2, 0) is 33.8 Å². The highest BCUT2D eigenvalue weighted by molar-refractivity contribution is 5.81. The zero-order valence-corrected chi connectivity index (χ0v) is 15.7. The van der Waals surface area contributed by atoms with Crippen molar-refractivity contribution in [2.75, 3.05) is 19.8 Å². The highest BCUT2D eigenvalue weighted by Gasteiger charge is 2.32. The number of hydrogen-bond donors (Lipinski definition) is 0. The van der Waals surface area contributed by atoms with Crippen LogP contribution in [0.25, 0.3) is 11.4 Å². The van der Waals surface area contributed by atoms with Gasteiger partial charge in [0.05, 0.1) is 0 Å². The molecule has 2 aliphatic heterocycles. The first-order valence-electron chi connectivity index (χ1n) is 9.45. The Labute approximate surface area is 157 Å². The molecule has 0 spiro atoms. The molecule has 1 saturated heterocycles. The Kier molecular flexibility index (Phi) is 5.18. The van der Waals surface area contributed by atoms with Crippen molar-refractivity contribution in [1.29, 1.82) is 0 Å². The summed E-state index contributed by atoms with van der Waals surface area (Å²) in [4.78, 5) is 23.5. The van der Waals surface area contributed by atoms with E-state index in [1.807, 2.05) is 24.9 Å². The second-order valence-corrected chi connectivity index (χ2v) is 6.88. The molecule has 0 radical (unpaired) electrons. The smallest absolute Gasteiger partial charge is 0.252 e. The van der Waals surface area contributed by atoms with E-state index in [-0.39, 0.29) is 12.0 Å². The molecule has 2 aromatic heterocycles. The van der Waals surface area contributed by atoms with Gasteiger partial charge < -0.3 is 18.9 Å². The summed E-state index contributed by atoms with van der Waals surface area (Å²) >= 11 is 0. The fraction of sp³-hybridized carbons (Fsp3) is 0.579. The van der Waals surface area contributed by atoms with Crippen LogP contribution in [0, 0.1) is 6.92 Å². The van der Waals surface area contributed by atoms with Crippen LogP contribution in [0.2, 0.25) is 0 Å². The summed E-state index contributed by atoms with van der Waals surface area (Å²) in [5.74, 6) is 1.07. The molecule has 8 heteroatoms. The molecule has 0 N–H and O–H groups in total. The minimum absolute atomic E-state index is 0.0823. The van der Waals surface area contributed by atoms with Gasteiger partial charge in [-0.25, -0.2) is 0 Å². The molecule has 27 heavy (non-hydrogen) atoms. The lowest BCUT2D eigenvalue weighted by Gasteiger charge is -2.31. The van der Waals surface area contributed by atoms with Crippen molar-refractivity contribution in [2.45, 2.75) is 52.4 Å². The van der Waals surface area contributed by atoms with E-state index in [9.17, 15) is 4.79 Å². The summed E-state index contributed by atoms with van der Waals surface area (Å²) in [7, 11) is 0. The number of nitrogens with zero attached hydrogens (tertiary/aromatic N) is 4. The van der Waals surface area contributed by atoms with E-state index >= 15 is 0 Å². The summed E-state index contributed by atoms with van der Waals surface area (Å²) in [5.41, 5.74) is 3.94. The third-order valence-corrected chi connectivity index (χ3v) is 5.10. The molecule has 0 bridgehead atoms. The Morgan fingerprint density at radius 2 is 2.33 bits per heavy atom. The third kappa shape index (κ3) is 3.59. The predicted octanol–water partition coefficient (Wildman–Crippen LogP) is 2.04. The van der Waals surface area contributed by atoms with Crippen molar-refractivity contribution in [3.8, 4) is 11.4 Å². The molecule has 0 saturated carbocycles. The normalized spacial score (nSPS) is 19.3. The number of ether oxygens (including phenoxy) is 2. The van der Waals surface area contributed by atoms with E-state index in [1.165, 1.54) is 0 Å². The zero-order chi connectivity index (χ0) is 18.8. The lowest BCUT2D eigenvalue weighted by molar-refractivity contribution is -0.141. The molecular weight excluding hydrogens is 348 g/mol. The van der Waals surface area contributed by atoms with Gasteiger partial charge in [0.2, 0.25) is 5.82 Å². The molecule has 4 heterocycles. The maximum Gasteiger partial charge on any atom is 0.252 e. The van der Waals surface area contributed by atoms with Gasteiger partial charge in [-0.15, -0.1) is 0 Å². The monoisotopic (exact) mass is 372 g/mol. The van der Waals surface area contributed by atoms with Crippen molar-refractivity contribution in [1.82, 2.24) is 20.0 Å². The Morgan fingerprint density at radius 3 is 3.11 bits per heavy atom. The highest BCUT2D eigenvalue weighted by atomic mass is 16.5. The number of carbonyl (C=O) groups is 1. The number of fused-ring (bicyclic) bond motifs is 1. The van der Waals surface area contributed by atoms with Gasteiger partial charge in [-0.3, -0.25) is 9.78 Å². The molecular formula is C19H24N4O4. The Balaban J connectivity index is 1.58. The maximum atomic E-state index is 12.7. The highest BCUT2D eigenvalue weighted by Crippen LogP contribution is 2.31. The van der Waals surface area contributed by atoms with Crippen molar-refractivity contribution >= 4 is 5.91 Å². The largest absolute Gasteiger partial charge is 0.372 e. The molecule has 2 aliphatic rings. The first-order chi connectivity index (χ1) is 13.2. The van der Waals surface area contributed by atoms with Crippen molar-refractivity contribution in [3.63, 3.8) is 0 Å². The van der Waals surface area contributed by atoms with Gasteiger partial charge in [0.1, 0.15) is 12.7 Å². The molecule has 1 atom stereocenters. The van der Waals surface area contributed by atoms with Crippen LogP contribution in [-0.4, -0.2) is 51.8 Å². The summed E-state index contributed by atoms with van der Waals surface area (Å²) in [5, 5.41) is 4.12. The van der Waals surface area contributed by atoms with Crippen molar-refractivity contribution < 1.29 is 18.8 Å². The van der Waals surface area contributed by atoms with Crippen LogP contribution in [0.3, 0.4) is 0 Å². The van der Waals surface area contributed by atoms with Crippen LogP contribution < -0.4 is 0 Å². The van der Waals surface area contributed by atoms with Crippen LogP contribution in [0.4, 0.5) is 0 Å². The first-order valence-corrected chi connectivity index (χ1v) is 9.45. The number of carbonyl (C=O) groups excluding carboxylic acids is 1. The summed E-state index contributed by atoms with van der Waals surface area (Å²) in [6.07, 6.45) is 4.06. The lowest BCUT2D eigenvalue weighted by Crippen LogP contribution is -2.42. The van der Waals surface area contributed by atoms with Crippen LogP contribution in [0.1, 0.15) is 42.5 Å². The minimum atomic E-state index is -0.289. The Bertz CT molecular complexity index is 829. The van der Waals surface area contributed by atoms with E-state index in [0.717, 1.165) is 41.6 Å². The van der Waals surface area contributed by atoms with Crippen LogP contribution >= 0.6 is 0 Å². The average molecular weight is 372 g/mol. The maximum absolute atomic E-state index is 12.7. The molecule has 1 amide bonds. The Hall–Kier alpha value is -2.32. The van der Waals surface area contributed by atoms with Crippen LogP contribution in [0.5, 0.6) is 0 Å². The van der Waals surface area contributed by atoms with E-state index in [4.69, 9.17) is 14.0 Å². The molecule has 4 rings (SSSR count). The third-order valence-electron chi connectivity index (χ3n) is 5.10. The molecule has 0 unspecified atom stereocenters. The van der Waals surface area contributed by atoms with E-state index < -0.39 is 0 Å². The summed E-state index contributed by atoms with van der Waals surface area (Å²) in [6, 6.07) is 0. The van der Waals surface area contributed by atoms with Gasteiger partial charge in [0.25, 0.3) is 11.8 Å². The van der Waals surface area contributed by atoms with Crippen molar-refractivity contribution in [3.05, 3.63) is 28.9 Å². The fourth-order valence-electron chi connectivity index (χ4n) is 3.71. The standard InChI is InChI=1S/C19H24N4O4/c1-3-25-11-16-21-18(22-27-16)17-12(2)20-9-13-10-23(7-6-14(13)17)19(24)15-5-4-8-26-15/h9,15H,3-8,10-11H2,1-2H3/t15-/m1/s1. The fourth-order valence-corrected chi connectivity index (χ4v) is 3.71. The summed E-state index contributed by atoms with van der Waals surface area (Å²) < 4.78 is 16.2. The van der Waals surface area contributed by atoms with Gasteiger partial charge in [-0.05, 0) is 44.2 Å². The molecule has 8 nitrogen and oxygen atoms in total. The predicted molar refractivity (Wildman–Crippen MR) is 95.7 cm³/mol. The number of aromatic nitrogens is 3. The first kappa shape index (κ1) is 18.1. The average Bonchev–Trinajstić information content (AvgIpc) is 3.37. The second kappa shape index (κ2) is 7.74. The van der Waals surface area contributed by atoms with Gasteiger partial charge in [-0.1, -0.05) is 5.16 Å². The number of amides is 1. The van der Waals surface area contributed by atoms with Gasteiger partial charge in [-0.2, -0.15) is 4.98 Å². The molecule has 144 valence electrons. The molecule has 0 aliphatic carbocycles. The number of pyridine rings is 1. The lowest BCUT2D eigenvalue weighted by atomic mass is 9.94. The topological polar surface area (TPSA) is 90.6 Å². The zero-order valence-electron chi connectivity index (χ0n) is 15.7. The van der Waals surface area contributed by atoms with E-state index in [1.54, 1.807) is 0 Å². The number of rotatable bonds is 5. The quantitative estimate of drug-likeness (QED) is 0.793. The second-order valence-electron chi connectivity index (χ2n) is 6.88. The van der Waals surface area contributed by atoms with Gasteiger partial charge in [0, 0.05) is 43.8 Å². The van der Waals surface area contributed by atoms with Gasteiger partial charge >= 0.3 is 0 Å². The van der Waals surface area contributed by atoms with E-state index in [2.05, 4.69) is 15.1 Å². The van der Waals surface area contributed by atoms with E-state index in [0.29, 0.717) is 44.6 Å². The van der Waals surface area contributed by atoms with Gasteiger partial charge in [0.15, 0.2) is 0 Å². The van der Waals surface area contributed by atoms with Crippen molar-refractivity contribution in [2.24, 2.45) is 0 Å². The minimum Gasteiger partial charge on any atom is -0.372 e. The van der Waals surface area contributed by atoms with Crippen LogP contribution in [0.15, 0.2) is 10.7 Å².